The van der Waals surface area contributed by atoms with Crippen LogP contribution in [0, 0.1) is 5.41 Å². The lowest BCUT2D eigenvalue weighted by atomic mass is 9.94. The van der Waals surface area contributed by atoms with Gasteiger partial charge in [0.05, 0.1) is 0 Å². The lowest BCUT2D eigenvalue weighted by Crippen LogP contribution is -2.38. The molecule has 1 unspecified atom stereocenters. The van der Waals surface area contributed by atoms with E-state index in [1.54, 1.807) is 0 Å². The molecule has 1 aliphatic carbocycles. The molecule has 4 N–H and O–H groups in total. The number of hydrogen-bond acceptors (Lipinski definition) is 2. The van der Waals surface area contributed by atoms with Gasteiger partial charge in [-0.05, 0) is 22.8 Å². The van der Waals surface area contributed by atoms with Gasteiger partial charge in [0.25, 0.3) is 0 Å². The van der Waals surface area contributed by atoms with Crippen molar-refractivity contribution < 1.29 is 9.59 Å². The number of rotatable bonds is 3. The van der Waals surface area contributed by atoms with Crippen LogP contribution in [0.2, 0.25) is 0 Å². The standard InChI is InChI=1S/C15H14N2O2/c16-13(18)15(14(17)19)8-12(15)11-7-3-5-9-4-1-2-6-10(9)11/h1-7,12H,8H2,(H2,16,18)(H2,17,19). The molecule has 0 radical (unpaired) electrons. The summed E-state index contributed by atoms with van der Waals surface area (Å²) in [7, 11) is 0. The maximum Gasteiger partial charge on any atom is 0.233 e. The molecule has 4 heteroatoms. The smallest absolute Gasteiger partial charge is 0.233 e. The number of amides is 2. The molecule has 1 saturated carbocycles. The topological polar surface area (TPSA) is 86.2 Å². The summed E-state index contributed by atoms with van der Waals surface area (Å²) in [4.78, 5) is 23.1. The summed E-state index contributed by atoms with van der Waals surface area (Å²) in [5, 5.41) is 2.12. The number of benzene rings is 2. The van der Waals surface area contributed by atoms with Crippen molar-refractivity contribution >= 4 is 22.6 Å². The molecule has 2 amide bonds. The lowest BCUT2D eigenvalue weighted by molar-refractivity contribution is -0.133. The molecule has 0 aromatic heterocycles. The average Bonchev–Trinajstić information content (AvgIpc) is 3.15. The molecule has 4 nitrogen and oxygen atoms in total. The number of carbonyl (C=O) groups is 2. The van der Waals surface area contributed by atoms with Crippen molar-refractivity contribution in [1.29, 1.82) is 0 Å². The lowest BCUT2D eigenvalue weighted by Gasteiger charge is -2.11. The molecule has 19 heavy (non-hydrogen) atoms. The monoisotopic (exact) mass is 254 g/mol. The van der Waals surface area contributed by atoms with Crippen molar-refractivity contribution in [2.45, 2.75) is 12.3 Å². The van der Waals surface area contributed by atoms with E-state index in [9.17, 15) is 9.59 Å². The van der Waals surface area contributed by atoms with Gasteiger partial charge in [-0.2, -0.15) is 0 Å². The zero-order valence-electron chi connectivity index (χ0n) is 10.3. The van der Waals surface area contributed by atoms with E-state index in [0.29, 0.717) is 6.42 Å². The van der Waals surface area contributed by atoms with Crippen LogP contribution < -0.4 is 11.5 Å². The first kappa shape index (κ1) is 11.7. The van der Waals surface area contributed by atoms with Crippen LogP contribution in [-0.2, 0) is 9.59 Å². The van der Waals surface area contributed by atoms with Crippen LogP contribution in [0.1, 0.15) is 17.9 Å². The van der Waals surface area contributed by atoms with Crippen LogP contribution in [0.25, 0.3) is 10.8 Å². The maximum atomic E-state index is 11.6. The van der Waals surface area contributed by atoms with Crippen LogP contribution in [0.4, 0.5) is 0 Å². The van der Waals surface area contributed by atoms with Crippen molar-refractivity contribution in [3.8, 4) is 0 Å². The predicted octanol–water partition coefficient (Wildman–Crippen LogP) is 1.28. The third-order valence-electron chi connectivity index (χ3n) is 4.04. The summed E-state index contributed by atoms with van der Waals surface area (Å²) >= 11 is 0. The second-order valence-electron chi connectivity index (χ2n) is 5.02. The zero-order chi connectivity index (χ0) is 13.6. The Kier molecular flexibility index (Phi) is 2.35. The quantitative estimate of drug-likeness (QED) is 0.808. The van der Waals surface area contributed by atoms with Gasteiger partial charge in [-0.25, -0.2) is 0 Å². The van der Waals surface area contributed by atoms with E-state index >= 15 is 0 Å². The van der Waals surface area contributed by atoms with Crippen molar-refractivity contribution in [1.82, 2.24) is 0 Å². The minimum atomic E-state index is -1.20. The largest absolute Gasteiger partial charge is 0.369 e. The van der Waals surface area contributed by atoms with Gasteiger partial charge in [0.15, 0.2) is 0 Å². The zero-order valence-corrected chi connectivity index (χ0v) is 10.3. The molecule has 1 fully saturated rings. The first-order valence-electron chi connectivity index (χ1n) is 6.15. The molecular formula is C15H14N2O2. The molecule has 0 heterocycles. The highest BCUT2D eigenvalue weighted by Crippen LogP contribution is 2.60. The van der Waals surface area contributed by atoms with Gasteiger partial charge in [0.2, 0.25) is 11.8 Å². The van der Waals surface area contributed by atoms with E-state index in [1.807, 2.05) is 42.5 Å². The van der Waals surface area contributed by atoms with Gasteiger partial charge in [-0.1, -0.05) is 42.5 Å². The number of fused-ring (bicyclic) bond motifs is 1. The van der Waals surface area contributed by atoms with E-state index in [1.165, 1.54) is 0 Å². The first-order valence-corrected chi connectivity index (χ1v) is 6.15. The summed E-state index contributed by atoms with van der Waals surface area (Å²) < 4.78 is 0. The molecule has 1 aliphatic rings. The predicted molar refractivity (Wildman–Crippen MR) is 72.1 cm³/mol. The third-order valence-corrected chi connectivity index (χ3v) is 4.04. The summed E-state index contributed by atoms with van der Waals surface area (Å²) in [5.74, 6) is -1.45. The Bertz CT molecular complexity index is 674. The summed E-state index contributed by atoms with van der Waals surface area (Å²) in [6.45, 7) is 0. The summed E-state index contributed by atoms with van der Waals surface area (Å²) in [5.41, 5.74) is 10.5. The Balaban J connectivity index is 2.13. The first-order chi connectivity index (χ1) is 9.07. The van der Waals surface area contributed by atoms with Crippen LogP contribution in [-0.4, -0.2) is 11.8 Å². The van der Waals surface area contributed by atoms with Gasteiger partial charge in [0.1, 0.15) is 5.41 Å². The highest BCUT2D eigenvalue weighted by atomic mass is 16.2. The van der Waals surface area contributed by atoms with Crippen molar-refractivity contribution in [2.24, 2.45) is 16.9 Å². The average molecular weight is 254 g/mol. The van der Waals surface area contributed by atoms with E-state index in [0.717, 1.165) is 16.3 Å². The van der Waals surface area contributed by atoms with Crippen LogP contribution in [0.5, 0.6) is 0 Å². The van der Waals surface area contributed by atoms with Crippen LogP contribution in [0.15, 0.2) is 42.5 Å². The van der Waals surface area contributed by atoms with Gasteiger partial charge in [0, 0.05) is 5.92 Å². The number of carbonyl (C=O) groups excluding carboxylic acids is 2. The minimum absolute atomic E-state index is 0.200. The van der Waals surface area contributed by atoms with Gasteiger partial charge in [-0.3, -0.25) is 9.59 Å². The highest BCUT2D eigenvalue weighted by molar-refractivity contribution is 6.09. The molecule has 2 aromatic rings. The Hall–Kier alpha value is -2.36. The molecule has 3 rings (SSSR count). The molecule has 0 aliphatic heterocycles. The van der Waals surface area contributed by atoms with Crippen molar-refractivity contribution in [3.05, 3.63) is 48.0 Å². The normalized spacial score (nSPS) is 20.1. The minimum Gasteiger partial charge on any atom is -0.369 e. The maximum absolute atomic E-state index is 11.6. The number of primary amides is 2. The van der Waals surface area contributed by atoms with Crippen LogP contribution in [0.3, 0.4) is 0 Å². The number of nitrogens with two attached hydrogens (primary N) is 2. The second-order valence-corrected chi connectivity index (χ2v) is 5.02. The molecular weight excluding hydrogens is 240 g/mol. The van der Waals surface area contributed by atoms with E-state index in [4.69, 9.17) is 11.5 Å². The van der Waals surface area contributed by atoms with Crippen LogP contribution >= 0.6 is 0 Å². The highest BCUT2D eigenvalue weighted by Gasteiger charge is 2.64. The molecule has 96 valence electrons. The fourth-order valence-electron chi connectivity index (χ4n) is 2.86. The van der Waals surface area contributed by atoms with Crippen molar-refractivity contribution in [3.63, 3.8) is 0 Å². The SMILES string of the molecule is NC(=O)C1(C(N)=O)CC1c1cccc2ccccc12. The van der Waals surface area contributed by atoms with Gasteiger partial charge < -0.3 is 11.5 Å². The molecule has 0 bridgehead atoms. The molecule has 0 saturated heterocycles. The van der Waals surface area contributed by atoms with E-state index < -0.39 is 17.2 Å². The molecule has 0 spiro atoms. The van der Waals surface area contributed by atoms with E-state index in [-0.39, 0.29) is 5.92 Å². The Labute approximate surface area is 110 Å². The summed E-state index contributed by atoms with van der Waals surface area (Å²) in [6, 6.07) is 13.7. The van der Waals surface area contributed by atoms with Gasteiger partial charge >= 0.3 is 0 Å². The number of hydrogen-bond donors (Lipinski definition) is 2. The third kappa shape index (κ3) is 1.53. The molecule has 1 atom stereocenters. The fraction of sp³-hybridized carbons (Fsp3) is 0.200. The Morgan fingerprint density at radius 2 is 1.63 bits per heavy atom. The fourth-order valence-corrected chi connectivity index (χ4v) is 2.86. The molecule has 2 aromatic carbocycles. The Morgan fingerprint density at radius 1 is 1.00 bits per heavy atom. The Morgan fingerprint density at radius 3 is 2.26 bits per heavy atom. The van der Waals surface area contributed by atoms with Gasteiger partial charge in [-0.15, -0.1) is 0 Å². The van der Waals surface area contributed by atoms with Crippen molar-refractivity contribution in [2.75, 3.05) is 0 Å². The van der Waals surface area contributed by atoms with E-state index in [2.05, 4.69) is 0 Å². The summed E-state index contributed by atoms with van der Waals surface area (Å²) in [6.07, 6.45) is 0.408. The second kappa shape index (κ2) is 3.82.